The molecule has 1 heterocycles. The van der Waals surface area contributed by atoms with Crippen LogP contribution in [-0.4, -0.2) is 19.1 Å². The Morgan fingerprint density at radius 1 is 1.10 bits per heavy atom. The number of amides is 1. The number of ether oxygens (including phenoxy) is 2. The van der Waals surface area contributed by atoms with Crippen LogP contribution in [-0.2, 0) is 0 Å². The number of nitrogens with one attached hydrogen (secondary N) is 1. The first-order chi connectivity index (χ1) is 10.1. The van der Waals surface area contributed by atoms with E-state index >= 15 is 0 Å². The molecule has 0 saturated heterocycles. The molecule has 5 heteroatoms. The van der Waals surface area contributed by atoms with Crippen LogP contribution in [0, 0.1) is 12.7 Å². The Morgan fingerprint density at radius 3 is 2.38 bits per heavy atom. The lowest BCUT2D eigenvalue weighted by Crippen LogP contribution is -2.18. The molecule has 1 aliphatic heterocycles. The van der Waals surface area contributed by atoms with Gasteiger partial charge >= 0.3 is 0 Å². The molecule has 0 atom stereocenters. The molecular formula is C16H14FNO3. The highest BCUT2D eigenvalue weighted by Gasteiger charge is 2.18. The molecule has 3 rings (SSSR count). The van der Waals surface area contributed by atoms with Crippen LogP contribution >= 0.6 is 0 Å². The highest BCUT2D eigenvalue weighted by atomic mass is 19.1. The molecule has 1 N–H and O–H groups in total. The Morgan fingerprint density at radius 2 is 1.71 bits per heavy atom. The van der Waals surface area contributed by atoms with Crippen molar-refractivity contribution in [1.29, 1.82) is 0 Å². The van der Waals surface area contributed by atoms with Gasteiger partial charge in [-0.05, 0) is 48.9 Å². The number of anilines is 1. The van der Waals surface area contributed by atoms with Crippen LogP contribution in [0.4, 0.5) is 10.1 Å². The lowest BCUT2D eigenvalue weighted by atomic mass is 10.1. The van der Waals surface area contributed by atoms with E-state index < -0.39 is 0 Å². The molecule has 4 nitrogen and oxygen atoms in total. The molecule has 0 bridgehead atoms. The van der Waals surface area contributed by atoms with E-state index in [0.29, 0.717) is 36.0 Å². The third-order valence-electron chi connectivity index (χ3n) is 3.24. The van der Waals surface area contributed by atoms with Gasteiger partial charge in [-0.2, -0.15) is 0 Å². The van der Waals surface area contributed by atoms with Crippen LogP contribution in [0.3, 0.4) is 0 Å². The van der Waals surface area contributed by atoms with Gasteiger partial charge in [-0.15, -0.1) is 0 Å². The summed E-state index contributed by atoms with van der Waals surface area (Å²) < 4.78 is 23.8. The fourth-order valence-electron chi connectivity index (χ4n) is 2.17. The van der Waals surface area contributed by atoms with Crippen molar-refractivity contribution in [2.24, 2.45) is 0 Å². The van der Waals surface area contributed by atoms with Crippen LogP contribution in [0.2, 0.25) is 0 Å². The monoisotopic (exact) mass is 287 g/mol. The molecule has 0 spiro atoms. The van der Waals surface area contributed by atoms with Gasteiger partial charge in [0.2, 0.25) is 0 Å². The molecule has 0 unspecified atom stereocenters. The van der Waals surface area contributed by atoms with E-state index in [1.165, 1.54) is 24.3 Å². The second-order valence-corrected chi connectivity index (χ2v) is 4.77. The van der Waals surface area contributed by atoms with Crippen LogP contribution in [0.5, 0.6) is 11.5 Å². The maximum absolute atomic E-state index is 12.9. The van der Waals surface area contributed by atoms with Crippen LogP contribution in [0.25, 0.3) is 0 Å². The van der Waals surface area contributed by atoms with Crippen molar-refractivity contribution in [2.45, 2.75) is 6.92 Å². The third-order valence-corrected chi connectivity index (χ3v) is 3.24. The Balaban J connectivity index is 1.85. The van der Waals surface area contributed by atoms with Gasteiger partial charge in [0.25, 0.3) is 5.91 Å². The first-order valence-corrected chi connectivity index (χ1v) is 6.60. The summed E-state index contributed by atoms with van der Waals surface area (Å²) in [5, 5.41) is 2.73. The van der Waals surface area contributed by atoms with Gasteiger partial charge in [-0.1, -0.05) is 0 Å². The SMILES string of the molecule is Cc1cc2c(cc1C(=O)Nc1ccc(F)cc1)OCCO2. The largest absolute Gasteiger partial charge is 0.486 e. The highest BCUT2D eigenvalue weighted by Crippen LogP contribution is 2.33. The molecule has 0 aliphatic carbocycles. The van der Waals surface area contributed by atoms with Crippen molar-refractivity contribution in [3.8, 4) is 11.5 Å². The van der Waals surface area contributed by atoms with E-state index in [1.807, 2.05) is 6.92 Å². The number of fused-ring (bicyclic) bond motifs is 1. The lowest BCUT2D eigenvalue weighted by molar-refractivity contribution is 0.102. The fraction of sp³-hybridized carbons (Fsp3) is 0.188. The second-order valence-electron chi connectivity index (χ2n) is 4.77. The number of rotatable bonds is 2. The van der Waals surface area contributed by atoms with Crippen molar-refractivity contribution in [3.05, 3.63) is 53.3 Å². The number of hydrogen-bond acceptors (Lipinski definition) is 3. The van der Waals surface area contributed by atoms with E-state index in [2.05, 4.69) is 5.32 Å². The minimum absolute atomic E-state index is 0.268. The zero-order valence-electron chi connectivity index (χ0n) is 11.5. The molecule has 21 heavy (non-hydrogen) atoms. The molecule has 1 amide bonds. The summed E-state index contributed by atoms with van der Waals surface area (Å²) in [5.41, 5.74) is 1.83. The summed E-state index contributed by atoms with van der Waals surface area (Å²) in [6.07, 6.45) is 0. The van der Waals surface area contributed by atoms with Crippen molar-refractivity contribution >= 4 is 11.6 Å². The highest BCUT2D eigenvalue weighted by molar-refractivity contribution is 6.05. The molecule has 0 saturated carbocycles. The molecule has 0 aromatic heterocycles. The van der Waals surface area contributed by atoms with Crippen molar-refractivity contribution in [3.63, 3.8) is 0 Å². The smallest absolute Gasteiger partial charge is 0.256 e. The number of halogens is 1. The van der Waals surface area contributed by atoms with Crippen molar-refractivity contribution < 1.29 is 18.7 Å². The number of hydrogen-bond donors (Lipinski definition) is 1. The molecule has 2 aromatic carbocycles. The first kappa shape index (κ1) is 13.4. The number of carbonyl (C=O) groups is 1. The quantitative estimate of drug-likeness (QED) is 0.923. The summed E-state index contributed by atoms with van der Waals surface area (Å²) >= 11 is 0. The second kappa shape index (κ2) is 5.44. The first-order valence-electron chi connectivity index (χ1n) is 6.60. The van der Waals surface area contributed by atoms with Crippen LogP contribution in [0.15, 0.2) is 36.4 Å². The van der Waals surface area contributed by atoms with E-state index in [9.17, 15) is 9.18 Å². The zero-order chi connectivity index (χ0) is 14.8. The van der Waals surface area contributed by atoms with Gasteiger partial charge in [-0.25, -0.2) is 4.39 Å². The third kappa shape index (κ3) is 2.81. The minimum Gasteiger partial charge on any atom is -0.486 e. The topological polar surface area (TPSA) is 47.6 Å². The van der Waals surface area contributed by atoms with Crippen LogP contribution in [0.1, 0.15) is 15.9 Å². The predicted molar refractivity (Wildman–Crippen MR) is 76.5 cm³/mol. The van der Waals surface area contributed by atoms with Crippen molar-refractivity contribution in [2.75, 3.05) is 18.5 Å². The zero-order valence-corrected chi connectivity index (χ0v) is 11.5. The molecule has 0 radical (unpaired) electrons. The van der Waals surface area contributed by atoms with Gasteiger partial charge < -0.3 is 14.8 Å². The Kier molecular flexibility index (Phi) is 3.48. The molecule has 1 aliphatic rings. The molecular weight excluding hydrogens is 273 g/mol. The van der Waals surface area contributed by atoms with Gasteiger partial charge in [-0.3, -0.25) is 4.79 Å². The van der Waals surface area contributed by atoms with Gasteiger partial charge in [0, 0.05) is 11.3 Å². The molecule has 2 aromatic rings. The number of benzene rings is 2. The number of carbonyl (C=O) groups excluding carboxylic acids is 1. The van der Waals surface area contributed by atoms with E-state index in [1.54, 1.807) is 12.1 Å². The average molecular weight is 287 g/mol. The molecule has 108 valence electrons. The summed E-state index contributed by atoms with van der Waals surface area (Å²) in [7, 11) is 0. The standard InChI is InChI=1S/C16H14FNO3/c1-10-8-14-15(21-7-6-20-14)9-13(10)16(19)18-12-4-2-11(17)3-5-12/h2-5,8-9H,6-7H2,1H3,(H,18,19). The van der Waals surface area contributed by atoms with Gasteiger partial charge in [0.1, 0.15) is 19.0 Å². The summed E-state index contributed by atoms with van der Waals surface area (Å²) in [4.78, 5) is 12.3. The summed E-state index contributed by atoms with van der Waals surface area (Å²) in [5.74, 6) is 0.604. The maximum atomic E-state index is 12.9. The minimum atomic E-state index is -0.344. The normalized spacial score (nSPS) is 12.9. The summed E-state index contributed by atoms with van der Waals surface area (Å²) in [6, 6.07) is 9.08. The van der Waals surface area contributed by atoms with E-state index in [0.717, 1.165) is 5.56 Å². The molecule has 0 fully saturated rings. The predicted octanol–water partition coefficient (Wildman–Crippen LogP) is 3.16. The maximum Gasteiger partial charge on any atom is 0.256 e. The fourth-order valence-corrected chi connectivity index (χ4v) is 2.17. The van der Waals surface area contributed by atoms with Crippen LogP contribution < -0.4 is 14.8 Å². The Hall–Kier alpha value is -2.56. The average Bonchev–Trinajstić information content (AvgIpc) is 2.49. The Bertz CT molecular complexity index is 683. The van der Waals surface area contributed by atoms with Gasteiger partial charge in [0.05, 0.1) is 0 Å². The Labute approximate surface area is 121 Å². The summed E-state index contributed by atoms with van der Waals surface area (Å²) in [6.45, 7) is 2.81. The van der Waals surface area contributed by atoms with Gasteiger partial charge in [0.15, 0.2) is 11.5 Å². The van der Waals surface area contributed by atoms with Crippen molar-refractivity contribution in [1.82, 2.24) is 0 Å². The van der Waals surface area contributed by atoms with E-state index in [4.69, 9.17) is 9.47 Å². The number of aryl methyl sites for hydroxylation is 1. The van der Waals surface area contributed by atoms with E-state index in [-0.39, 0.29) is 11.7 Å². The lowest BCUT2D eigenvalue weighted by Gasteiger charge is -2.20.